The van der Waals surface area contributed by atoms with E-state index in [1.165, 1.54) is 0 Å². The van der Waals surface area contributed by atoms with Gasteiger partial charge in [0.2, 0.25) is 5.91 Å². The summed E-state index contributed by atoms with van der Waals surface area (Å²) in [6.07, 6.45) is 0. The van der Waals surface area contributed by atoms with Gasteiger partial charge < -0.3 is 15.8 Å². The van der Waals surface area contributed by atoms with Gasteiger partial charge in [-0.25, -0.2) is 4.98 Å². The first-order valence-electron chi connectivity index (χ1n) is 7.49. The molecule has 3 rings (SSSR count). The molecule has 1 heterocycles. The predicted molar refractivity (Wildman–Crippen MR) is 101 cm³/mol. The van der Waals surface area contributed by atoms with Gasteiger partial charge in [-0.2, -0.15) is 0 Å². The minimum atomic E-state index is -0.555. The van der Waals surface area contributed by atoms with E-state index in [9.17, 15) is 4.79 Å². The summed E-state index contributed by atoms with van der Waals surface area (Å²) in [5.74, 6) is 0.237. The highest BCUT2D eigenvalue weighted by molar-refractivity contribution is 7.13. The van der Waals surface area contributed by atoms with Gasteiger partial charge in [0.1, 0.15) is 10.8 Å². The van der Waals surface area contributed by atoms with E-state index >= 15 is 0 Å². The molecule has 128 valence electrons. The van der Waals surface area contributed by atoms with Gasteiger partial charge in [-0.05, 0) is 30.3 Å². The van der Waals surface area contributed by atoms with Crippen LogP contribution in [-0.2, 0) is 6.54 Å². The SMILES string of the molecule is COc1ccccc1-c1nc(CNc2ccc(Cl)c(C(N)=O)c2)cs1. The van der Waals surface area contributed by atoms with Crippen molar-refractivity contribution in [2.24, 2.45) is 5.73 Å². The largest absolute Gasteiger partial charge is 0.496 e. The molecule has 0 aliphatic rings. The second-order valence-corrected chi connectivity index (χ2v) is 6.52. The van der Waals surface area contributed by atoms with E-state index in [1.807, 2.05) is 29.6 Å². The third kappa shape index (κ3) is 3.92. The van der Waals surface area contributed by atoms with Gasteiger partial charge >= 0.3 is 0 Å². The monoisotopic (exact) mass is 373 g/mol. The van der Waals surface area contributed by atoms with E-state index in [-0.39, 0.29) is 0 Å². The van der Waals surface area contributed by atoms with Crippen molar-refractivity contribution in [2.75, 3.05) is 12.4 Å². The number of methoxy groups -OCH3 is 1. The van der Waals surface area contributed by atoms with Crippen LogP contribution >= 0.6 is 22.9 Å². The average molecular weight is 374 g/mol. The Balaban J connectivity index is 1.74. The van der Waals surface area contributed by atoms with Crippen molar-refractivity contribution in [3.05, 3.63) is 64.1 Å². The summed E-state index contributed by atoms with van der Waals surface area (Å²) < 4.78 is 5.38. The minimum Gasteiger partial charge on any atom is -0.496 e. The lowest BCUT2D eigenvalue weighted by Crippen LogP contribution is -2.12. The first-order valence-corrected chi connectivity index (χ1v) is 8.75. The number of benzene rings is 2. The molecule has 0 aliphatic carbocycles. The van der Waals surface area contributed by atoms with E-state index in [4.69, 9.17) is 22.1 Å². The van der Waals surface area contributed by atoms with Gasteiger partial charge in [0.25, 0.3) is 0 Å². The van der Waals surface area contributed by atoms with Crippen molar-refractivity contribution in [1.82, 2.24) is 4.98 Å². The number of nitrogens with one attached hydrogen (secondary N) is 1. The fraction of sp³-hybridized carbons (Fsp3) is 0.111. The summed E-state index contributed by atoms with van der Waals surface area (Å²) in [5, 5.41) is 6.44. The molecule has 5 nitrogen and oxygen atoms in total. The Bertz CT molecular complexity index is 911. The van der Waals surface area contributed by atoms with Gasteiger partial charge in [-0.3, -0.25) is 4.79 Å². The number of halogens is 1. The molecule has 2 aromatic carbocycles. The lowest BCUT2D eigenvalue weighted by molar-refractivity contribution is 0.100. The molecule has 7 heteroatoms. The Hall–Kier alpha value is -2.57. The van der Waals surface area contributed by atoms with E-state index in [1.54, 1.807) is 36.6 Å². The van der Waals surface area contributed by atoms with Crippen LogP contribution in [0.4, 0.5) is 5.69 Å². The minimum absolute atomic E-state index is 0.291. The van der Waals surface area contributed by atoms with Gasteiger partial charge in [0.15, 0.2) is 0 Å². The lowest BCUT2D eigenvalue weighted by Gasteiger charge is -2.07. The maximum atomic E-state index is 11.4. The van der Waals surface area contributed by atoms with E-state index in [2.05, 4.69) is 10.3 Å². The summed E-state index contributed by atoms with van der Waals surface area (Å²) in [5.41, 5.74) is 8.21. The Kier molecular flexibility index (Phi) is 5.21. The molecule has 0 spiro atoms. The standard InChI is InChI=1S/C18H16ClN3O2S/c1-24-16-5-3-2-4-13(16)18-22-12(10-25-18)9-21-11-6-7-15(19)14(8-11)17(20)23/h2-8,10,21H,9H2,1H3,(H2,20,23). The quantitative estimate of drug-likeness (QED) is 0.679. The molecular weight excluding hydrogens is 358 g/mol. The number of carbonyl (C=O) groups is 1. The molecule has 0 bridgehead atoms. The van der Waals surface area contributed by atoms with Gasteiger partial charge in [0.05, 0.1) is 35.5 Å². The first kappa shape index (κ1) is 17.3. The number of amides is 1. The second-order valence-electron chi connectivity index (χ2n) is 5.26. The molecular formula is C18H16ClN3O2S. The molecule has 25 heavy (non-hydrogen) atoms. The molecule has 0 unspecified atom stereocenters. The van der Waals surface area contributed by atoms with Crippen LogP contribution in [0, 0.1) is 0 Å². The number of hydrogen-bond donors (Lipinski definition) is 2. The molecule has 0 saturated heterocycles. The van der Waals surface area contributed by atoms with Crippen molar-refractivity contribution in [3.8, 4) is 16.3 Å². The van der Waals surface area contributed by atoms with Crippen molar-refractivity contribution < 1.29 is 9.53 Å². The second kappa shape index (κ2) is 7.55. The van der Waals surface area contributed by atoms with E-state index < -0.39 is 5.91 Å². The number of nitrogens with zero attached hydrogens (tertiary/aromatic N) is 1. The zero-order valence-electron chi connectivity index (χ0n) is 13.5. The highest BCUT2D eigenvalue weighted by Gasteiger charge is 2.11. The maximum Gasteiger partial charge on any atom is 0.250 e. The zero-order valence-corrected chi connectivity index (χ0v) is 15.0. The molecule has 3 aromatic rings. The van der Waals surface area contributed by atoms with Crippen LogP contribution in [0.25, 0.3) is 10.6 Å². The number of anilines is 1. The summed E-state index contributed by atoms with van der Waals surface area (Å²) in [4.78, 5) is 16.0. The number of nitrogens with two attached hydrogens (primary N) is 1. The van der Waals surface area contributed by atoms with Gasteiger partial charge in [0, 0.05) is 11.1 Å². The summed E-state index contributed by atoms with van der Waals surface area (Å²) in [6, 6.07) is 12.8. The smallest absolute Gasteiger partial charge is 0.250 e. The van der Waals surface area contributed by atoms with Crippen LogP contribution < -0.4 is 15.8 Å². The normalized spacial score (nSPS) is 10.5. The number of ether oxygens (including phenoxy) is 1. The van der Waals surface area contributed by atoms with Crippen molar-refractivity contribution >= 4 is 34.5 Å². The number of carbonyl (C=O) groups excluding carboxylic acids is 1. The summed E-state index contributed by atoms with van der Waals surface area (Å²) in [6.45, 7) is 0.519. The third-order valence-corrected chi connectivity index (χ3v) is 4.85. The van der Waals surface area contributed by atoms with Crippen LogP contribution in [0.3, 0.4) is 0 Å². The Morgan fingerprint density at radius 2 is 2.12 bits per heavy atom. The molecule has 0 radical (unpaired) electrons. The molecule has 0 saturated carbocycles. The van der Waals surface area contributed by atoms with Crippen molar-refractivity contribution in [2.45, 2.75) is 6.54 Å². The molecule has 0 atom stereocenters. The fourth-order valence-electron chi connectivity index (χ4n) is 2.35. The lowest BCUT2D eigenvalue weighted by atomic mass is 10.2. The number of aromatic nitrogens is 1. The molecule has 1 aromatic heterocycles. The topological polar surface area (TPSA) is 77.2 Å². The number of hydrogen-bond acceptors (Lipinski definition) is 5. The fourth-order valence-corrected chi connectivity index (χ4v) is 3.41. The van der Waals surface area contributed by atoms with Crippen LogP contribution in [0.15, 0.2) is 47.8 Å². The van der Waals surface area contributed by atoms with Crippen LogP contribution in [0.5, 0.6) is 5.75 Å². The number of para-hydroxylation sites is 1. The van der Waals surface area contributed by atoms with Gasteiger partial charge in [-0.1, -0.05) is 23.7 Å². The highest BCUT2D eigenvalue weighted by Crippen LogP contribution is 2.32. The maximum absolute atomic E-state index is 11.4. The van der Waals surface area contributed by atoms with Crippen molar-refractivity contribution in [1.29, 1.82) is 0 Å². The predicted octanol–water partition coefficient (Wildman–Crippen LogP) is 4.18. The summed E-state index contributed by atoms with van der Waals surface area (Å²) >= 11 is 7.51. The average Bonchev–Trinajstić information content (AvgIpc) is 3.09. The molecule has 3 N–H and O–H groups in total. The molecule has 1 amide bonds. The van der Waals surface area contributed by atoms with Crippen molar-refractivity contribution in [3.63, 3.8) is 0 Å². The first-order chi connectivity index (χ1) is 12.1. The van der Waals surface area contributed by atoms with E-state index in [0.29, 0.717) is 17.1 Å². The Morgan fingerprint density at radius 1 is 1.32 bits per heavy atom. The molecule has 0 fully saturated rings. The number of rotatable bonds is 6. The van der Waals surface area contributed by atoms with E-state index in [0.717, 1.165) is 27.7 Å². The highest BCUT2D eigenvalue weighted by atomic mass is 35.5. The van der Waals surface area contributed by atoms with Gasteiger partial charge in [-0.15, -0.1) is 11.3 Å². The zero-order chi connectivity index (χ0) is 17.8. The Morgan fingerprint density at radius 3 is 2.88 bits per heavy atom. The Labute approximate surface area is 154 Å². The third-order valence-electron chi connectivity index (χ3n) is 3.59. The number of primary amides is 1. The number of thiazole rings is 1. The van der Waals surface area contributed by atoms with Crippen LogP contribution in [-0.4, -0.2) is 18.0 Å². The van der Waals surface area contributed by atoms with Crippen LogP contribution in [0.2, 0.25) is 5.02 Å². The van der Waals surface area contributed by atoms with Crippen LogP contribution in [0.1, 0.15) is 16.1 Å². The molecule has 0 aliphatic heterocycles. The summed E-state index contributed by atoms with van der Waals surface area (Å²) in [7, 11) is 1.64.